The number of carbonyl (C=O) groups is 2. The maximum absolute atomic E-state index is 12.8. The molecule has 0 saturated heterocycles. The molecule has 2 amide bonds. The van der Waals surface area contributed by atoms with E-state index in [9.17, 15) is 9.59 Å². The van der Waals surface area contributed by atoms with Gasteiger partial charge in [0.1, 0.15) is 5.01 Å². The van der Waals surface area contributed by atoms with E-state index in [1.807, 2.05) is 56.3 Å². The van der Waals surface area contributed by atoms with E-state index in [1.165, 1.54) is 11.3 Å². The Morgan fingerprint density at radius 3 is 2.66 bits per heavy atom. The molecule has 1 N–H and O–H groups in total. The molecule has 2 aromatic carbocycles. The van der Waals surface area contributed by atoms with E-state index in [-0.39, 0.29) is 24.3 Å². The Labute approximate surface area is 196 Å². The zero-order chi connectivity index (χ0) is 22.9. The summed E-state index contributed by atoms with van der Waals surface area (Å²) in [6.45, 7) is 4.32. The van der Waals surface area contributed by atoms with Crippen molar-refractivity contribution in [3.8, 4) is 10.6 Å². The number of hydrogen-bond donors (Lipinski definition) is 1. The lowest BCUT2D eigenvalue weighted by Crippen LogP contribution is -2.39. The molecule has 0 saturated carbocycles. The third-order valence-electron chi connectivity index (χ3n) is 4.95. The first-order valence-electron chi connectivity index (χ1n) is 10.4. The summed E-state index contributed by atoms with van der Waals surface area (Å²) in [4.78, 5) is 27.0. The van der Waals surface area contributed by atoms with E-state index in [4.69, 9.17) is 11.6 Å². The van der Waals surface area contributed by atoms with Crippen LogP contribution in [0.15, 0.2) is 60.7 Å². The Balaban J connectivity index is 1.58. The third-order valence-corrected chi connectivity index (χ3v) is 6.07. The Kier molecular flexibility index (Phi) is 8.53. The van der Waals surface area contributed by atoms with Crippen molar-refractivity contribution in [2.24, 2.45) is 0 Å². The molecule has 0 spiro atoms. The molecule has 1 atom stereocenters. The number of hydrogen-bond acceptors (Lipinski definition) is 5. The average molecular weight is 469 g/mol. The molecule has 32 heavy (non-hydrogen) atoms. The van der Waals surface area contributed by atoms with Gasteiger partial charge in [-0.15, -0.1) is 10.2 Å². The SMILES string of the molecule is CCC(C)N(CCC(=O)Nc1nnc(-c2cccc(Cl)c2)s1)C(=O)C=Cc1ccccc1. The molecule has 0 aliphatic carbocycles. The fraction of sp³-hybridized carbons (Fsp3) is 0.250. The summed E-state index contributed by atoms with van der Waals surface area (Å²) in [5, 5.41) is 12.6. The standard InChI is InChI=1S/C24H25ClN4O2S/c1-3-17(2)29(22(31)13-12-18-8-5-4-6-9-18)15-14-21(30)26-24-28-27-23(32-24)19-10-7-11-20(25)16-19/h4-13,16-17H,3,14-15H2,1-2H3,(H,26,28,30). The van der Waals surface area contributed by atoms with Crippen LogP contribution in [-0.2, 0) is 9.59 Å². The molecule has 1 heterocycles. The van der Waals surface area contributed by atoms with Crippen LogP contribution in [0.3, 0.4) is 0 Å². The van der Waals surface area contributed by atoms with Crippen LogP contribution in [-0.4, -0.2) is 39.5 Å². The van der Waals surface area contributed by atoms with Crippen molar-refractivity contribution in [3.05, 3.63) is 71.3 Å². The number of benzene rings is 2. The molecule has 0 aliphatic heterocycles. The minimum Gasteiger partial charge on any atom is -0.336 e. The van der Waals surface area contributed by atoms with Crippen molar-refractivity contribution in [1.29, 1.82) is 0 Å². The minimum atomic E-state index is -0.216. The average Bonchev–Trinajstić information content (AvgIpc) is 3.26. The van der Waals surface area contributed by atoms with Crippen LogP contribution < -0.4 is 5.32 Å². The molecule has 0 fully saturated rings. The fourth-order valence-corrected chi connectivity index (χ4v) is 3.96. The van der Waals surface area contributed by atoms with E-state index in [0.29, 0.717) is 21.7 Å². The second kappa shape index (κ2) is 11.5. The summed E-state index contributed by atoms with van der Waals surface area (Å²) < 4.78 is 0. The molecule has 3 aromatic rings. The predicted octanol–water partition coefficient (Wildman–Crippen LogP) is 5.53. The van der Waals surface area contributed by atoms with Crippen LogP contribution in [0.2, 0.25) is 5.02 Å². The molecule has 1 aromatic heterocycles. The van der Waals surface area contributed by atoms with Crippen molar-refractivity contribution in [1.82, 2.24) is 15.1 Å². The van der Waals surface area contributed by atoms with Crippen LogP contribution in [0, 0.1) is 0 Å². The molecule has 166 valence electrons. The highest BCUT2D eigenvalue weighted by atomic mass is 35.5. The summed E-state index contributed by atoms with van der Waals surface area (Å²) in [6.07, 6.45) is 4.31. The zero-order valence-corrected chi connectivity index (χ0v) is 19.6. The lowest BCUT2D eigenvalue weighted by Gasteiger charge is -2.27. The molecule has 1 unspecified atom stereocenters. The summed E-state index contributed by atoms with van der Waals surface area (Å²) in [7, 11) is 0. The zero-order valence-electron chi connectivity index (χ0n) is 18.0. The van der Waals surface area contributed by atoms with Gasteiger partial charge in [0.25, 0.3) is 0 Å². The highest BCUT2D eigenvalue weighted by Gasteiger charge is 2.18. The van der Waals surface area contributed by atoms with Gasteiger partial charge in [0.2, 0.25) is 16.9 Å². The summed E-state index contributed by atoms with van der Waals surface area (Å²) >= 11 is 7.30. The van der Waals surface area contributed by atoms with Gasteiger partial charge < -0.3 is 10.2 Å². The number of carbonyl (C=O) groups excluding carboxylic acids is 2. The van der Waals surface area contributed by atoms with E-state index in [1.54, 1.807) is 29.2 Å². The van der Waals surface area contributed by atoms with Crippen molar-refractivity contribution < 1.29 is 9.59 Å². The van der Waals surface area contributed by atoms with Crippen LogP contribution in [0.25, 0.3) is 16.6 Å². The first-order chi connectivity index (χ1) is 15.5. The molecule has 3 rings (SSSR count). The van der Waals surface area contributed by atoms with E-state index >= 15 is 0 Å². The fourth-order valence-electron chi connectivity index (χ4n) is 3.01. The summed E-state index contributed by atoms with van der Waals surface area (Å²) in [5.74, 6) is -0.331. The molecular weight excluding hydrogens is 444 g/mol. The quantitative estimate of drug-likeness (QED) is 0.419. The van der Waals surface area contributed by atoms with Crippen LogP contribution >= 0.6 is 22.9 Å². The predicted molar refractivity (Wildman–Crippen MR) is 131 cm³/mol. The van der Waals surface area contributed by atoms with E-state index < -0.39 is 0 Å². The maximum Gasteiger partial charge on any atom is 0.246 e. The van der Waals surface area contributed by atoms with Crippen molar-refractivity contribution >= 4 is 46.0 Å². The van der Waals surface area contributed by atoms with Crippen molar-refractivity contribution in [2.45, 2.75) is 32.7 Å². The van der Waals surface area contributed by atoms with Gasteiger partial charge in [-0.25, -0.2) is 0 Å². The van der Waals surface area contributed by atoms with Gasteiger partial charge in [-0.2, -0.15) is 0 Å². The van der Waals surface area contributed by atoms with Crippen molar-refractivity contribution in [3.63, 3.8) is 0 Å². The normalized spacial score (nSPS) is 12.0. The molecule has 0 radical (unpaired) electrons. The lowest BCUT2D eigenvalue weighted by molar-refractivity contribution is -0.128. The van der Waals surface area contributed by atoms with Crippen LogP contribution in [0.5, 0.6) is 0 Å². The Bertz CT molecular complexity index is 1080. The number of amides is 2. The van der Waals surface area contributed by atoms with Gasteiger partial charge in [-0.05, 0) is 37.1 Å². The first-order valence-corrected chi connectivity index (χ1v) is 11.6. The molecule has 0 aliphatic rings. The molecule has 6 nitrogen and oxygen atoms in total. The highest BCUT2D eigenvalue weighted by Crippen LogP contribution is 2.28. The summed E-state index contributed by atoms with van der Waals surface area (Å²) in [5.41, 5.74) is 1.80. The first kappa shape index (κ1) is 23.6. The van der Waals surface area contributed by atoms with E-state index in [2.05, 4.69) is 15.5 Å². The van der Waals surface area contributed by atoms with Gasteiger partial charge in [-0.3, -0.25) is 9.59 Å². The summed E-state index contributed by atoms with van der Waals surface area (Å²) in [6, 6.07) is 17.0. The second-order valence-corrected chi connectivity index (χ2v) is 8.67. The number of anilines is 1. The van der Waals surface area contributed by atoms with Gasteiger partial charge in [0, 0.05) is 35.7 Å². The van der Waals surface area contributed by atoms with Crippen LogP contribution in [0.1, 0.15) is 32.3 Å². The minimum absolute atomic E-state index is 0.0201. The molecule has 8 heteroatoms. The topological polar surface area (TPSA) is 75.2 Å². The smallest absolute Gasteiger partial charge is 0.246 e. The molecule has 0 bridgehead atoms. The van der Waals surface area contributed by atoms with Crippen molar-refractivity contribution in [2.75, 3.05) is 11.9 Å². The van der Waals surface area contributed by atoms with Gasteiger partial charge in [-0.1, -0.05) is 72.3 Å². The molecular formula is C24H25ClN4O2S. The highest BCUT2D eigenvalue weighted by molar-refractivity contribution is 7.18. The number of rotatable bonds is 9. The van der Waals surface area contributed by atoms with E-state index in [0.717, 1.165) is 17.5 Å². The lowest BCUT2D eigenvalue weighted by atomic mass is 10.1. The Hall–Kier alpha value is -3.03. The number of nitrogens with zero attached hydrogens (tertiary/aromatic N) is 3. The number of aromatic nitrogens is 2. The Morgan fingerprint density at radius 1 is 1.16 bits per heavy atom. The van der Waals surface area contributed by atoms with Crippen LogP contribution in [0.4, 0.5) is 5.13 Å². The van der Waals surface area contributed by atoms with Gasteiger partial charge in [0.05, 0.1) is 0 Å². The largest absolute Gasteiger partial charge is 0.336 e. The maximum atomic E-state index is 12.8. The van der Waals surface area contributed by atoms with Gasteiger partial charge >= 0.3 is 0 Å². The van der Waals surface area contributed by atoms with Gasteiger partial charge in [0.15, 0.2) is 0 Å². The Morgan fingerprint density at radius 2 is 1.94 bits per heavy atom. The third kappa shape index (κ3) is 6.73. The number of nitrogens with one attached hydrogen (secondary N) is 1. The monoisotopic (exact) mass is 468 g/mol. The number of halogens is 1. The second-order valence-electron chi connectivity index (χ2n) is 7.25.